The van der Waals surface area contributed by atoms with E-state index in [1.54, 1.807) is 18.3 Å². The van der Waals surface area contributed by atoms with E-state index < -0.39 is 0 Å². The molecule has 0 bridgehead atoms. The topological polar surface area (TPSA) is 37.4 Å². The van der Waals surface area contributed by atoms with E-state index in [1.807, 2.05) is 4.90 Å². The fourth-order valence-electron chi connectivity index (χ4n) is 2.84. The number of hydrogen-bond donors (Lipinski definition) is 0. The minimum atomic E-state index is -0.124. The number of nitrogens with zero attached hydrogens (tertiary/aromatic N) is 1. The van der Waals surface area contributed by atoms with Crippen molar-refractivity contribution in [3.8, 4) is 0 Å². The molecule has 0 radical (unpaired) electrons. The van der Waals surface area contributed by atoms with Crippen molar-refractivity contribution in [2.45, 2.75) is 25.8 Å². The molecule has 0 aromatic carbocycles. The SMILES string of the molecule is CC(=O)[C@@H]1CC(=O)N2CCc3sccc3[C@@H]12. The molecule has 1 aromatic heterocycles. The first-order valence-corrected chi connectivity index (χ1v) is 6.42. The molecule has 1 amide bonds. The standard InChI is InChI=1S/C12H13NO2S/c1-7(14)9-6-11(15)13-4-2-10-8(12(9)13)3-5-16-10/h3,5,9,12H,2,4,6H2,1H3/t9-,12-/m0/s1. The normalized spacial score (nSPS) is 27.8. The van der Waals surface area contributed by atoms with Crippen LogP contribution in [-0.2, 0) is 16.0 Å². The first-order valence-electron chi connectivity index (χ1n) is 5.54. The van der Waals surface area contributed by atoms with E-state index in [4.69, 9.17) is 0 Å². The van der Waals surface area contributed by atoms with Crippen LogP contribution in [0.2, 0.25) is 0 Å². The van der Waals surface area contributed by atoms with E-state index in [1.165, 1.54) is 10.4 Å². The highest BCUT2D eigenvalue weighted by Crippen LogP contribution is 2.44. The van der Waals surface area contributed by atoms with Crippen LogP contribution >= 0.6 is 11.3 Å². The van der Waals surface area contributed by atoms with Crippen LogP contribution in [0.25, 0.3) is 0 Å². The minimum absolute atomic E-state index is 0.0278. The monoisotopic (exact) mass is 235 g/mol. The van der Waals surface area contributed by atoms with Crippen molar-refractivity contribution in [2.24, 2.45) is 5.92 Å². The molecule has 3 nitrogen and oxygen atoms in total. The molecule has 1 saturated heterocycles. The first-order chi connectivity index (χ1) is 7.68. The molecule has 0 aliphatic carbocycles. The number of fused-ring (bicyclic) bond motifs is 3. The minimum Gasteiger partial charge on any atom is -0.334 e. The molecule has 2 aliphatic rings. The Morgan fingerprint density at radius 3 is 3.12 bits per heavy atom. The lowest BCUT2D eigenvalue weighted by molar-refractivity contribution is -0.129. The van der Waals surface area contributed by atoms with Gasteiger partial charge < -0.3 is 4.90 Å². The number of amides is 1. The second-order valence-corrected chi connectivity index (χ2v) is 5.50. The van der Waals surface area contributed by atoms with Crippen molar-refractivity contribution in [1.29, 1.82) is 0 Å². The van der Waals surface area contributed by atoms with Gasteiger partial charge in [0.05, 0.1) is 12.0 Å². The van der Waals surface area contributed by atoms with Crippen LogP contribution < -0.4 is 0 Å². The second kappa shape index (κ2) is 3.42. The van der Waals surface area contributed by atoms with Crippen LogP contribution in [0.3, 0.4) is 0 Å². The van der Waals surface area contributed by atoms with Gasteiger partial charge in [-0.1, -0.05) is 0 Å². The van der Waals surface area contributed by atoms with Crippen LogP contribution in [0, 0.1) is 5.92 Å². The molecular formula is C12H13NO2S. The lowest BCUT2D eigenvalue weighted by atomic mass is 9.89. The Balaban J connectivity index is 2.07. The summed E-state index contributed by atoms with van der Waals surface area (Å²) < 4.78 is 0. The molecule has 1 fully saturated rings. The Hall–Kier alpha value is -1.16. The summed E-state index contributed by atoms with van der Waals surface area (Å²) in [5, 5.41) is 2.06. The number of thiophene rings is 1. The molecule has 0 saturated carbocycles. The molecule has 16 heavy (non-hydrogen) atoms. The van der Waals surface area contributed by atoms with E-state index in [9.17, 15) is 9.59 Å². The summed E-state index contributed by atoms with van der Waals surface area (Å²) in [6, 6.07) is 2.10. The van der Waals surface area contributed by atoms with Gasteiger partial charge in [0, 0.05) is 17.8 Å². The van der Waals surface area contributed by atoms with E-state index in [0.29, 0.717) is 6.42 Å². The third-order valence-electron chi connectivity index (χ3n) is 3.63. The van der Waals surface area contributed by atoms with Gasteiger partial charge in [0.2, 0.25) is 5.91 Å². The summed E-state index contributed by atoms with van der Waals surface area (Å²) in [5.41, 5.74) is 1.21. The summed E-state index contributed by atoms with van der Waals surface area (Å²) in [6.45, 7) is 2.38. The average molecular weight is 235 g/mol. The number of carbonyl (C=O) groups is 2. The molecule has 4 heteroatoms. The van der Waals surface area contributed by atoms with Crippen LogP contribution in [0.15, 0.2) is 11.4 Å². The number of Topliss-reactive ketones (excluding diaryl/α,β-unsaturated/α-hetero) is 1. The Labute approximate surface area is 98.1 Å². The van der Waals surface area contributed by atoms with Crippen LogP contribution in [0.5, 0.6) is 0 Å². The van der Waals surface area contributed by atoms with Crippen molar-refractivity contribution in [3.05, 3.63) is 21.9 Å². The van der Waals surface area contributed by atoms with Gasteiger partial charge >= 0.3 is 0 Å². The predicted octanol–water partition coefficient (Wildman–Crippen LogP) is 1.78. The molecule has 3 rings (SSSR count). The highest BCUT2D eigenvalue weighted by atomic mass is 32.1. The van der Waals surface area contributed by atoms with Gasteiger partial charge in [0.25, 0.3) is 0 Å². The number of rotatable bonds is 1. The van der Waals surface area contributed by atoms with E-state index in [2.05, 4.69) is 11.4 Å². The molecule has 1 aromatic rings. The largest absolute Gasteiger partial charge is 0.334 e. The van der Waals surface area contributed by atoms with Gasteiger partial charge in [0.15, 0.2) is 0 Å². The molecule has 0 unspecified atom stereocenters. The fourth-order valence-corrected chi connectivity index (χ4v) is 3.76. The zero-order valence-electron chi connectivity index (χ0n) is 9.10. The average Bonchev–Trinajstić information content (AvgIpc) is 2.81. The smallest absolute Gasteiger partial charge is 0.223 e. The Bertz CT molecular complexity index is 465. The summed E-state index contributed by atoms with van der Waals surface area (Å²) in [7, 11) is 0. The zero-order valence-corrected chi connectivity index (χ0v) is 9.92. The van der Waals surface area contributed by atoms with Crippen molar-refractivity contribution < 1.29 is 9.59 Å². The van der Waals surface area contributed by atoms with Gasteiger partial charge in [-0.05, 0) is 30.4 Å². The third-order valence-corrected chi connectivity index (χ3v) is 4.63. The third kappa shape index (κ3) is 1.26. The van der Waals surface area contributed by atoms with Crippen molar-refractivity contribution in [2.75, 3.05) is 6.54 Å². The highest BCUT2D eigenvalue weighted by Gasteiger charge is 2.45. The summed E-state index contributed by atoms with van der Waals surface area (Å²) in [4.78, 5) is 26.7. The maximum absolute atomic E-state index is 11.8. The number of ketones is 1. The Morgan fingerprint density at radius 2 is 2.38 bits per heavy atom. The number of hydrogen-bond acceptors (Lipinski definition) is 3. The van der Waals surface area contributed by atoms with Crippen molar-refractivity contribution >= 4 is 23.0 Å². The zero-order chi connectivity index (χ0) is 11.3. The molecule has 2 aliphatic heterocycles. The molecular weight excluding hydrogens is 222 g/mol. The van der Waals surface area contributed by atoms with Gasteiger partial charge in [-0.3, -0.25) is 9.59 Å². The molecule has 0 N–H and O–H groups in total. The lowest BCUT2D eigenvalue weighted by Gasteiger charge is -2.32. The number of carbonyl (C=O) groups excluding carboxylic acids is 2. The predicted molar refractivity (Wildman–Crippen MR) is 61.3 cm³/mol. The van der Waals surface area contributed by atoms with Crippen LogP contribution in [0.4, 0.5) is 0 Å². The van der Waals surface area contributed by atoms with Crippen LogP contribution in [0.1, 0.15) is 29.8 Å². The maximum Gasteiger partial charge on any atom is 0.223 e. The molecule has 2 atom stereocenters. The second-order valence-electron chi connectivity index (χ2n) is 4.50. The summed E-state index contributed by atoms with van der Waals surface area (Å²) in [6.07, 6.45) is 1.34. The van der Waals surface area contributed by atoms with Gasteiger partial charge in [-0.2, -0.15) is 0 Å². The maximum atomic E-state index is 11.8. The van der Waals surface area contributed by atoms with Crippen molar-refractivity contribution in [3.63, 3.8) is 0 Å². The fraction of sp³-hybridized carbons (Fsp3) is 0.500. The Morgan fingerprint density at radius 1 is 1.56 bits per heavy atom. The molecule has 3 heterocycles. The summed E-state index contributed by atoms with van der Waals surface area (Å²) in [5.74, 6) is 0.156. The molecule has 84 valence electrons. The van der Waals surface area contributed by atoms with Gasteiger partial charge in [-0.15, -0.1) is 11.3 Å². The Kier molecular flexibility index (Phi) is 2.14. The van der Waals surface area contributed by atoms with Crippen molar-refractivity contribution in [1.82, 2.24) is 4.90 Å². The molecule has 0 spiro atoms. The van der Waals surface area contributed by atoms with Gasteiger partial charge in [0.1, 0.15) is 5.78 Å². The van der Waals surface area contributed by atoms with Crippen LogP contribution in [-0.4, -0.2) is 23.1 Å². The van der Waals surface area contributed by atoms with E-state index in [-0.39, 0.29) is 23.7 Å². The highest BCUT2D eigenvalue weighted by molar-refractivity contribution is 7.10. The van der Waals surface area contributed by atoms with Gasteiger partial charge in [-0.25, -0.2) is 0 Å². The van der Waals surface area contributed by atoms with E-state index >= 15 is 0 Å². The lowest BCUT2D eigenvalue weighted by Crippen LogP contribution is -2.35. The quantitative estimate of drug-likeness (QED) is 0.744. The first kappa shape index (κ1) is 10.0. The summed E-state index contributed by atoms with van der Waals surface area (Å²) >= 11 is 1.74. The van der Waals surface area contributed by atoms with E-state index in [0.717, 1.165) is 13.0 Å².